The minimum atomic E-state index is -1.26. The number of fused-ring (bicyclic) bond motifs is 3. The molecule has 0 aromatic heterocycles. The van der Waals surface area contributed by atoms with Gasteiger partial charge in [-0.25, -0.2) is 4.79 Å². The fourth-order valence-corrected chi connectivity index (χ4v) is 5.71. The fraction of sp³-hybridized carbons (Fsp3) is 0.375. The Morgan fingerprint density at radius 2 is 1.58 bits per heavy atom. The van der Waals surface area contributed by atoms with Crippen molar-refractivity contribution < 1.29 is 28.4 Å². The maximum absolute atomic E-state index is 12.6. The number of aliphatic carboxylic acids is 1. The van der Waals surface area contributed by atoms with E-state index in [0.29, 0.717) is 24.3 Å². The molecule has 1 aliphatic carbocycles. The highest BCUT2D eigenvalue weighted by Gasteiger charge is 2.31. The number of hydrogen-bond donors (Lipinski definition) is 3. The highest BCUT2D eigenvalue weighted by molar-refractivity contribution is 7.85. The van der Waals surface area contributed by atoms with Crippen LogP contribution in [0.2, 0.25) is 0 Å². The third-order valence-corrected chi connectivity index (χ3v) is 7.45. The molecule has 1 unspecified atom stereocenters. The molecule has 1 atom stereocenters. The van der Waals surface area contributed by atoms with E-state index in [2.05, 4.69) is 10.6 Å². The number of ether oxygens (including phenoxy) is 1. The molecule has 3 N–H and O–H groups in total. The zero-order valence-electron chi connectivity index (χ0n) is 18.0. The van der Waals surface area contributed by atoms with E-state index < -0.39 is 41.2 Å². The number of nitrogens with one attached hydrogen (secondary N) is 2. The van der Waals surface area contributed by atoms with Gasteiger partial charge in [0.15, 0.2) is 0 Å². The minimum Gasteiger partial charge on any atom is -0.481 e. The van der Waals surface area contributed by atoms with E-state index in [1.165, 1.54) is 0 Å². The molecule has 4 rings (SSSR count). The van der Waals surface area contributed by atoms with Crippen molar-refractivity contribution in [2.75, 3.05) is 18.1 Å². The van der Waals surface area contributed by atoms with Gasteiger partial charge in [-0.1, -0.05) is 48.5 Å². The lowest BCUT2D eigenvalue weighted by molar-refractivity contribution is -0.140. The second-order valence-corrected chi connectivity index (χ2v) is 9.95. The molecule has 0 spiro atoms. The fourth-order valence-electron chi connectivity index (χ4n) is 4.41. The average Bonchev–Trinajstić information content (AvgIpc) is 3.12. The highest BCUT2D eigenvalue weighted by Crippen LogP contribution is 2.44. The van der Waals surface area contributed by atoms with Crippen LogP contribution in [0.1, 0.15) is 36.3 Å². The molecule has 2 aromatic carbocycles. The smallest absolute Gasteiger partial charge is 0.407 e. The standard InChI is InChI=1S/C24H26N2O6S/c27-22(28)13-21(23(29)25-15-9-11-33(31)12-10-15)26-24(30)32-14-20-18-7-3-1-5-16(18)17-6-2-4-8-19(17)20/h1-8,15,20-21H,9-14H2,(H,25,29)(H,26,30)(H,27,28). The molecular weight excluding hydrogens is 444 g/mol. The molecular formula is C24H26N2O6S. The maximum atomic E-state index is 12.6. The third-order valence-electron chi connectivity index (χ3n) is 6.07. The second-order valence-electron chi connectivity index (χ2n) is 8.25. The van der Waals surface area contributed by atoms with Crippen LogP contribution < -0.4 is 10.6 Å². The summed E-state index contributed by atoms with van der Waals surface area (Å²) >= 11 is 0. The lowest BCUT2D eigenvalue weighted by Gasteiger charge is -2.25. The van der Waals surface area contributed by atoms with Gasteiger partial charge in [0.1, 0.15) is 12.6 Å². The van der Waals surface area contributed by atoms with Crippen LogP contribution in [0, 0.1) is 0 Å². The summed E-state index contributed by atoms with van der Waals surface area (Å²) in [6, 6.07) is 14.4. The van der Waals surface area contributed by atoms with Crippen molar-refractivity contribution in [2.24, 2.45) is 0 Å². The van der Waals surface area contributed by atoms with Crippen molar-refractivity contribution in [3.63, 3.8) is 0 Å². The first kappa shape index (κ1) is 23.0. The summed E-state index contributed by atoms with van der Waals surface area (Å²) in [5, 5.41) is 14.4. The molecule has 2 amide bonds. The summed E-state index contributed by atoms with van der Waals surface area (Å²) in [5.74, 6) is -0.941. The SMILES string of the molecule is O=C(O)CC(NC(=O)OCC1c2ccccc2-c2ccccc21)C(=O)NC1CCS(=O)CC1. The molecule has 9 heteroatoms. The van der Waals surface area contributed by atoms with Crippen LogP contribution in [0.5, 0.6) is 0 Å². The second kappa shape index (κ2) is 10.2. The number of carbonyl (C=O) groups excluding carboxylic acids is 2. The minimum absolute atomic E-state index is 0.0652. The summed E-state index contributed by atoms with van der Waals surface area (Å²) in [6.45, 7) is 0.0652. The first-order chi connectivity index (χ1) is 15.9. The molecule has 33 heavy (non-hydrogen) atoms. The summed E-state index contributed by atoms with van der Waals surface area (Å²) in [6.07, 6.45) is -0.288. The Hall–Kier alpha value is -3.20. The maximum Gasteiger partial charge on any atom is 0.407 e. The lowest BCUT2D eigenvalue weighted by Crippen LogP contribution is -2.51. The number of carboxylic acid groups (broad SMARTS) is 1. The molecule has 8 nitrogen and oxygen atoms in total. The van der Waals surface area contributed by atoms with Crippen LogP contribution in [0.15, 0.2) is 48.5 Å². The van der Waals surface area contributed by atoms with Gasteiger partial charge in [-0.05, 0) is 35.1 Å². The molecule has 174 valence electrons. The summed E-state index contributed by atoms with van der Waals surface area (Å²) in [5.41, 5.74) is 4.30. The first-order valence-electron chi connectivity index (χ1n) is 10.9. The van der Waals surface area contributed by atoms with Gasteiger partial charge in [-0.3, -0.25) is 13.8 Å². The number of amides is 2. The Morgan fingerprint density at radius 1 is 1.00 bits per heavy atom. The number of benzene rings is 2. The summed E-state index contributed by atoms with van der Waals surface area (Å²) in [4.78, 5) is 36.4. The summed E-state index contributed by atoms with van der Waals surface area (Å²) in [7, 11) is -0.876. The Kier molecular flexibility index (Phi) is 7.08. The summed E-state index contributed by atoms with van der Waals surface area (Å²) < 4.78 is 16.9. The van der Waals surface area contributed by atoms with Crippen molar-refractivity contribution in [1.82, 2.24) is 10.6 Å². The quantitative estimate of drug-likeness (QED) is 0.571. The van der Waals surface area contributed by atoms with Gasteiger partial charge in [0.25, 0.3) is 0 Å². The third kappa shape index (κ3) is 5.42. The largest absolute Gasteiger partial charge is 0.481 e. The monoisotopic (exact) mass is 470 g/mol. The number of hydrogen-bond acceptors (Lipinski definition) is 5. The molecule has 2 aliphatic rings. The van der Waals surface area contributed by atoms with Crippen molar-refractivity contribution in [3.8, 4) is 11.1 Å². The Morgan fingerprint density at radius 3 is 2.15 bits per heavy atom. The van der Waals surface area contributed by atoms with Gasteiger partial charge in [0.2, 0.25) is 5.91 Å². The Balaban J connectivity index is 1.38. The zero-order valence-corrected chi connectivity index (χ0v) is 18.8. The van der Waals surface area contributed by atoms with Crippen LogP contribution in [0.4, 0.5) is 4.79 Å². The predicted molar refractivity (Wildman–Crippen MR) is 123 cm³/mol. The molecule has 1 saturated heterocycles. The molecule has 0 saturated carbocycles. The van der Waals surface area contributed by atoms with Crippen LogP contribution in [-0.2, 0) is 25.1 Å². The number of rotatable bonds is 7. The number of carbonyl (C=O) groups is 3. The molecule has 0 bridgehead atoms. The first-order valence-corrected chi connectivity index (χ1v) is 12.4. The predicted octanol–water partition coefficient (Wildman–Crippen LogP) is 2.40. The van der Waals surface area contributed by atoms with Gasteiger partial charge >= 0.3 is 12.1 Å². The van der Waals surface area contributed by atoms with Gasteiger partial charge < -0.3 is 20.5 Å². The van der Waals surface area contributed by atoms with E-state index in [4.69, 9.17) is 4.74 Å². The van der Waals surface area contributed by atoms with Crippen LogP contribution in [-0.4, -0.2) is 57.5 Å². The van der Waals surface area contributed by atoms with E-state index in [1.807, 2.05) is 48.5 Å². The van der Waals surface area contributed by atoms with E-state index in [1.54, 1.807) is 0 Å². The van der Waals surface area contributed by atoms with Gasteiger partial charge in [0.05, 0.1) is 6.42 Å². The van der Waals surface area contributed by atoms with Crippen LogP contribution >= 0.6 is 0 Å². The van der Waals surface area contributed by atoms with Crippen LogP contribution in [0.25, 0.3) is 11.1 Å². The number of carboxylic acids is 1. The van der Waals surface area contributed by atoms with Gasteiger partial charge in [0, 0.05) is 34.3 Å². The van der Waals surface area contributed by atoms with Crippen molar-refractivity contribution in [3.05, 3.63) is 59.7 Å². The van der Waals surface area contributed by atoms with Crippen LogP contribution in [0.3, 0.4) is 0 Å². The average molecular weight is 471 g/mol. The van der Waals surface area contributed by atoms with Gasteiger partial charge in [-0.15, -0.1) is 0 Å². The molecule has 0 radical (unpaired) electrons. The number of alkyl carbamates (subject to hydrolysis) is 1. The highest BCUT2D eigenvalue weighted by atomic mass is 32.2. The van der Waals surface area contributed by atoms with E-state index in [0.717, 1.165) is 22.3 Å². The zero-order chi connectivity index (χ0) is 23.4. The Bertz CT molecular complexity index is 1030. The topological polar surface area (TPSA) is 122 Å². The van der Waals surface area contributed by atoms with Crippen molar-refractivity contribution in [1.29, 1.82) is 0 Å². The lowest BCUT2D eigenvalue weighted by atomic mass is 9.98. The normalized spacial score (nSPS) is 20.2. The molecule has 1 fully saturated rings. The van der Waals surface area contributed by atoms with E-state index >= 15 is 0 Å². The van der Waals surface area contributed by atoms with Crippen molar-refractivity contribution in [2.45, 2.75) is 37.3 Å². The molecule has 1 aliphatic heterocycles. The Labute approximate surface area is 194 Å². The van der Waals surface area contributed by atoms with E-state index in [-0.39, 0.29) is 18.6 Å². The van der Waals surface area contributed by atoms with E-state index in [9.17, 15) is 23.7 Å². The molecule has 1 heterocycles. The van der Waals surface area contributed by atoms with Gasteiger partial charge in [-0.2, -0.15) is 0 Å². The van der Waals surface area contributed by atoms with Crippen molar-refractivity contribution >= 4 is 28.8 Å². The molecule has 2 aromatic rings.